The number of hydrogen-bond acceptors (Lipinski definition) is 5. The number of rotatable bonds is 4. The van der Waals surface area contributed by atoms with Crippen LogP contribution >= 0.6 is 15.9 Å². The summed E-state index contributed by atoms with van der Waals surface area (Å²) >= 11 is 3.46. The fourth-order valence-electron chi connectivity index (χ4n) is 1.62. The molecule has 1 heterocycles. The Kier molecular flexibility index (Phi) is 4.08. The van der Waals surface area contributed by atoms with Crippen LogP contribution < -0.4 is 14.8 Å². The fourth-order valence-corrected chi connectivity index (χ4v) is 2.08. The van der Waals surface area contributed by atoms with Crippen molar-refractivity contribution in [1.29, 1.82) is 0 Å². The number of halogens is 1. The standard InChI is InChI=1S/C12H14BrNO4/c1-7(12(15)16-2)14-5-8-3-10-11(4-9(8)13)18-6-17-10/h3-4,7,14H,5-6H2,1-2H3. The van der Waals surface area contributed by atoms with Crippen LogP contribution in [-0.4, -0.2) is 25.9 Å². The van der Waals surface area contributed by atoms with Crippen molar-refractivity contribution >= 4 is 21.9 Å². The van der Waals surface area contributed by atoms with Crippen LogP contribution in [0.5, 0.6) is 11.5 Å². The second-order valence-electron chi connectivity index (χ2n) is 3.92. The summed E-state index contributed by atoms with van der Waals surface area (Å²) in [6.07, 6.45) is 0. The second-order valence-corrected chi connectivity index (χ2v) is 4.78. The van der Waals surface area contributed by atoms with Gasteiger partial charge in [-0.2, -0.15) is 0 Å². The zero-order valence-corrected chi connectivity index (χ0v) is 11.7. The van der Waals surface area contributed by atoms with Crippen LogP contribution in [0.1, 0.15) is 12.5 Å². The number of fused-ring (bicyclic) bond motifs is 1. The van der Waals surface area contributed by atoms with Crippen LogP contribution in [-0.2, 0) is 16.1 Å². The molecule has 1 atom stereocenters. The summed E-state index contributed by atoms with van der Waals surface area (Å²) in [4.78, 5) is 11.3. The minimum absolute atomic E-state index is 0.247. The van der Waals surface area contributed by atoms with Gasteiger partial charge in [-0.15, -0.1) is 0 Å². The number of esters is 1. The minimum atomic E-state index is -0.354. The first-order valence-corrected chi connectivity index (χ1v) is 6.30. The highest BCUT2D eigenvalue weighted by atomic mass is 79.9. The van der Waals surface area contributed by atoms with E-state index in [1.54, 1.807) is 6.92 Å². The average Bonchev–Trinajstić information content (AvgIpc) is 2.81. The number of benzene rings is 1. The molecule has 0 saturated carbocycles. The molecule has 18 heavy (non-hydrogen) atoms. The SMILES string of the molecule is COC(=O)C(C)NCc1cc2c(cc1Br)OCO2. The van der Waals surface area contributed by atoms with Crippen LogP contribution in [0.25, 0.3) is 0 Å². The van der Waals surface area contributed by atoms with Crippen molar-refractivity contribution in [2.24, 2.45) is 0 Å². The lowest BCUT2D eigenvalue weighted by Gasteiger charge is -2.12. The quantitative estimate of drug-likeness (QED) is 0.859. The third-order valence-corrected chi connectivity index (χ3v) is 3.43. The largest absolute Gasteiger partial charge is 0.468 e. The Hall–Kier alpha value is -1.27. The van der Waals surface area contributed by atoms with Gasteiger partial charge in [0.1, 0.15) is 6.04 Å². The van der Waals surface area contributed by atoms with Crippen LogP contribution in [0.4, 0.5) is 0 Å². The van der Waals surface area contributed by atoms with Gasteiger partial charge in [0.15, 0.2) is 11.5 Å². The molecule has 1 aromatic carbocycles. The van der Waals surface area contributed by atoms with Crippen LogP contribution in [0.3, 0.4) is 0 Å². The van der Waals surface area contributed by atoms with E-state index in [1.807, 2.05) is 12.1 Å². The van der Waals surface area contributed by atoms with Crippen molar-refractivity contribution in [3.8, 4) is 11.5 Å². The van der Waals surface area contributed by atoms with Gasteiger partial charge in [-0.1, -0.05) is 15.9 Å². The molecular weight excluding hydrogens is 302 g/mol. The maximum Gasteiger partial charge on any atom is 0.322 e. The number of carbonyl (C=O) groups is 1. The normalized spacial score (nSPS) is 14.4. The molecule has 0 fully saturated rings. The van der Waals surface area contributed by atoms with Gasteiger partial charge >= 0.3 is 5.97 Å². The third-order valence-electron chi connectivity index (χ3n) is 2.70. The zero-order valence-electron chi connectivity index (χ0n) is 10.2. The number of methoxy groups -OCH3 is 1. The minimum Gasteiger partial charge on any atom is -0.468 e. The van der Waals surface area contributed by atoms with Crippen LogP contribution in [0, 0.1) is 0 Å². The highest BCUT2D eigenvalue weighted by Gasteiger charge is 2.17. The molecule has 0 aromatic heterocycles. The lowest BCUT2D eigenvalue weighted by Crippen LogP contribution is -2.34. The molecule has 1 N–H and O–H groups in total. The number of nitrogens with one attached hydrogen (secondary N) is 1. The van der Waals surface area contributed by atoms with Gasteiger partial charge < -0.3 is 19.5 Å². The molecular formula is C12H14BrNO4. The first-order chi connectivity index (χ1) is 8.61. The molecule has 0 spiro atoms. The Balaban J connectivity index is 2.04. The van der Waals surface area contributed by atoms with E-state index < -0.39 is 0 Å². The van der Waals surface area contributed by atoms with Crippen molar-refractivity contribution < 1.29 is 19.0 Å². The van der Waals surface area contributed by atoms with Gasteiger partial charge in [0.05, 0.1) is 7.11 Å². The van der Waals surface area contributed by atoms with Gasteiger partial charge in [0, 0.05) is 11.0 Å². The average molecular weight is 316 g/mol. The molecule has 2 rings (SSSR count). The predicted octanol–water partition coefficient (Wildman–Crippen LogP) is 1.83. The van der Waals surface area contributed by atoms with Crippen LogP contribution in [0.2, 0.25) is 0 Å². The summed E-state index contributed by atoms with van der Waals surface area (Å²) in [5.74, 6) is 1.17. The maximum absolute atomic E-state index is 11.3. The van der Waals surface area contributed by atoms with E-state index in [-0.39, 0.29) is 18.8 Å². The highest BCUT2D eigenvalue weighted by Crippen LogP contribution is 2.36. The smallest absolute Gasteiger partial charge is 0.322 e. The Bertz CT molecular complexity index is 464. The van der Waals surface area contributed by atoms with E-state index in [2.05, 4.69) is 26.0 Å². The van der Waals surface area contributed by atoms with E-state index in [0.29, 0.717) is 6.54 Å². The first-order valence-electron chi connectivity index (χ1n) is 5.51. The predicted molar refractivity (Wildman–Crippen MR) is 68.6 cm³/mol. The first kappa shape index (κ1) is 13.2. The summed E-state index contributed by atoms with van der Waals surface area (Å²) in [6.45, 7) is 2.54. The Labute approximate surface area is 114 Å². The van der Waals surface area contributed by atoms with Gasteiger partial charge in [-0.25, -0.2) is 0 Å². The monoisotopic (exact) mass is 315 g/mol. The Morgan fingerprint density at radius 1 is 1.50 bits per heavy atom. The molecule has 98 valence electrons. The van der Waals surface area contributed by atoms with E-state index in [0.717, 1.165) is 21.5 Å². The van der Waals surface area contributed by atoms with Gasteiger partial charge in [-0.3, -0.25) is 4.79 Å². The van der Waals surface area contributed by atoms with Gasteiger partial charge in [-0.05, 0) is 24.6 Å². The van der Waals surface area contributed by atoms with Crippen LogP contribution in [0.15, 0.2) is 16.6 Å². The molecule has 0 aliphatic carbocycles. The molecule has 5 nitrogen and oxygen atoms in total. The molecule has 1 unspecified atom stereocenters. The third kappa shape index (κ3) is 2.76. The van der Waals surface area contributed by atoms with Gasteiger partial charge in [0.25, 0.3) is 0 Å². The highest BCUT2D eigenvalue weighted by molar-refractivity contribution is 9.10. The van der Waals surface area contributed by atoms with Crippen molar-refractivity contribution in [3.05, 3.63) is 22.2 Å². The molecule has 1 aromatic rings. The summed E-state index contributed by atoms with van der Waals surface area (Å²) in [6, 6.07) is 3.40. The number of ether oxygens (including phenoxy) is 3. The summed E-state index contributed by atoms with van der Waals surface area (Å²) in [7, 11) is 1.37. The number of hydrogen-bond donors (Lipinski definition) is 1. The maximum atomic E-state index is 11.3. The summed E-state index contributed by atoms with van der Waals surface area (Å²) in [5.41, 5.74) is 0.995. The lowest BCUT2D eigenvalue weighted by atomic mass is 10.2. The second kappa shape index (κ2) is 5.58. The van der Waals surface area contributed by atoms with E-state index in [9.17, 15) is 4.79 Å². The van der Waals surface area contributed by atoms with Crippen molar-refractivity contribution in [3.63, 3.8) is 0 Å². The summed E-state index contributed by atoms with van der Waals surface area (Å²) < 4.78 is 16.1. The number of carbonyl (C=O) groups excluding carboxylic acids is 1. The molecule has 0 radical (unpaired) electrons. The van der Waals surface area contributed by atoms with Gasteiger partial charge in [0.2, 0.25) is 6.79 Å². The van der Waals surface area contributed by atoms with E-state index in [1.165, 1.54) is 7.11 Å². The van der Waals surface area contributed by atoms with E-state index in [4.69, 9.17) is 9.47 Å². The Morgan fingerprint density at radius 3 is 2.83 bits per heavy atom. The molecule has 6 heteroatoms. The van der Waals surface area contributed by atoms with Crippen molar-refractivity contribution in [2.45, 2.75) is 19.5 Å². The molecule has 1 aliphatic heterocycles. The van der Waals surface area contributed by atoms with Crippen molar-refractivity contribution in [2.75, 3.05) is 13.9 Å². The molecule has 0 saturated heterocycles. The van der Waals surface area contributed by atoms with Crippen molar-refractivity contribution in [1.82, 2.24) is 5.32 Å². The Morgan fingerprint density at radius 2 is 2.17 bits per heavy atom. The molecule has 1 aliphatic rings. The fraction of sp³-hybridized carbons (Fsp3) is 0.417. The van der Waals surface area contributed by atoms with E-state index >= 15 is 0 Å². The summed E-state index contributed by atoms with van der Waals surface area (Å²) in [5, 5.41) is 3.08. The topological polar surface area (TPSA) is 56.8 Å². The lowest BCUT2D eigenvalue weighted by molar-refractivity contribution is -0.142. The zero-order chi connectivity index (χ0) is 13.1. The molecule has 0 bridgehead atoms. The molecule has 0 amide bonds.